The normalized spacial score (nSPS) is 11.4. The molecule has 0 radical (unpaired) electrons. The molecule has 4 nitrogen and oxygen atoms in total. The van der Waals surface area contributed by atoms with Crippen molar-refractivity contribution in [2.45, 2.75) is 13.1 Å². The lowest BCUT2D eigenvalue weighted by atomic mass is 10.1. The number of aromatic nitrogens is 2. The highest BCUT2D eigenvalue weighted by atomic mass is 35.5. The highest BCUT2D eigenvalue weighted by Crippen LogP contribution is 2.35. The van der Waals surface area contributed by atoms with E-state index < -0.39 is 0 Å². The summed E-state index contributed by atoms with van der Waals surface area (Å²) in [5, 5.41) is 12.0. The number of hydrogen-bond acceptors (Lipinski definition) is 3. The monoisotopic (exact) mass is 377 g/mol. The van der Waals surface area contributed by atoms with E-state index in [-0.39, 0.29) is 5.88 Å². The van der Waals surface area contributed by atoms with Gasteiger partial charge >= 0.3 is 0 Å². The minimum atomic E-state index is 0.149. The van der Waals surface area contributed by atoms with Crippen LogP contribution in [-0.4, -0.2) is 27.0 Å². The third kappa shape index (κ3) is 3.82. The highest BCUT2D eigenvalue weighted by molar-refractivity contribution is 6.30. The summed E-state index contributed by atoms with van der Waals surface area (Å²) < 4.78 is 0. The molecule has 4 aromatic rings. The molecule has 2 aromatic heterocycles. The molecular weight excluding hydrogens is 358 g/mol. The molecule has 0 spiro atoms. The molecule has 0 aliphatic rings. The largest absolute Gasteiger partial charge is 0.494 e. The third-order valence-corrected chi connectivity index (χ3v) is 4.84. The van der Waals surface area contributed by atoms with E-state index in [0.29, 0.717) is 0 Å². The van der Waals surface area contributed by atoms with Crippen LogP contribution < -0.4 is 0 Å². The van der Waals surface area contributed by atoms with Gasteiger partial charge in [-0.25, -0.2) is 0 Å². The molecule has 0 bridgehead atoms. The number of rotatable bonds is 5. The topological polar surface area (TPSA) is 52.1 Å². The van der Waals surface area contributed by atoms with Crippen molar-refractivity contribution in [1.29, 1.82) is 0 Å². The Morgan fingerprint density at radius 1 is 0.963 bits per heavy atom. The first-order chi connectivity index (χ1) is 13.1. The number of nitrogens with zero attached hydrogens (tertiary/aromatic N) is 2. The molecule has 0 amide bonds. The molecule has 2 N–H and O–H groups in total. The van der Waals surface area contributed by atoms with Gasteiger partial charge < -0.3 is 10.1 Å². The zero-order chi connectivity index (χ0) is 18.8. The van der Waals surface area contributed by atoms with Gasteiger partial charge in [0.2, 0.25) is 0 Å². The average molecular weight is 378 g/mol. The molecule has 0 aliphatic heterocycles. The Bertz CT molecular complexity index is 1060. The summed E-state index contributed by atoms with van der Waals surface area (Å²) >= 11 is 5.94. The van der Waals surface area contributed by atoms with E-state index in [2.05, 4.69) is 28.0 Å². The number of aromatic hydroxyl groups is 1. The van der Waals surface area contributed by atoms with Gasteiger partial charge in [0.1, 0.15) is 0 Å². The van der Waals surface area contributed by atoms with Gasteiger partial charge in [-0.1, -0.05) is 48.0 Å². The lowest BCUT2D eigenvalue weighted by molar-refractivity contribution is 0.319. The van der Waals surface area contributed by atoms with E-state index in [4.69, 9.17) is 11.6 Å². The van der Waals surface area contributed by atoms with Crippen molar-refractivity contribution in [2.24, 2.45) is 0 Å². The Balaban J connectivity index is 1.50. The van der Waals surface area contributed by atoms with Crippen molar-refractivity contribution < 1.29 is 5.11 Å². The van der Waals surface area contributed by atoms with Crippen LogP contribution >= 0.6 is 11.6 Å². The van der Waals surface area contributed by atoms with Gasteiger partial charge in [0.15, 0.2) is 5.88 Å². The van der Waals surface area contributed by atoms with Crippen molar-refractivity contribution in [3.63, 3.8) is 0 Å². The molecule has 0 saturated carbocycles. The van der Waals surface area contributed by atoms with Gasteiger partial charge in [0.25, 0.3) is 0 Å². The van der Waals surface area contributed by atoms with Gasteiger partial charge in [0.05, 0.1) is 11.3 Å². The Morgan fingerprint density at radius 2 is 1.67 bits per heavy atom. The summed E-state index contributed by atoms with van der Waals surface area (Å²) in [6, 6.07) is 19.7. The van der Waals surface area contributed by atoms with Gasteiger partial charge in [0, 0.05) is 35.2 Å². The molecule has 0 unspecified atom stereocenters. The fourth-order valence-corrected chi connectivity index (χ4v) is 3.45. The second-order valence-corrected chi connectivity index (χ2v) is 7.18. The van der Waals surface area contributed by atoms with Crippen LogP contribution in [0.1, 0.15) is 11.1 Å². The molecule has 136 valence electrons. The number of H-pyrrole nitrogens is 1. The zero-order valence-corrected chi connectivity index (χ0v) is 15.7. The van der Waals surface area contributed by atoms with Crippen molar-refractivity contribution in [3.8, 4) is 17.1 Å². The van der Waals surface area contributed by atoms with Crippen LogP contribution in [0.2, 0.25) is 5.02 Å². The lowest BCUT2D eigenvalue weighted by Gasteiger charge is -2.17. The molecule has 2 aromatic carbocycles. The minimum absolute atomic E-state index is 0.149. The Labute approximate surface area is 163 Å². The van der Waals surface area contributed by atoms with Crippen LogP contribution in [0.3, 0.4) is 0 Å². The van der Waals surface area contributed by atoms with Gasteiger partial charge in [-0.05, 0) is 42.4 Å². The number of benzene rings is 2. The standard InChI is InChI=1S/C22H20ClN3O/c1-26(13-15-6-9-17(23)10-7-15)14-16-8-11-20(24-12-16)21-18-4-2-3-5-19(18)25-22(21)27/h2-12,25,27H,13-14H2,1H3. The highest BCUT2D eigenvalue weighted by Gasteiger charge is 2.13. The smallest absolute Gasteiger partial charge is 0.199 e. The fraction of sp³-hybridized carbons (Fsp3) is 0.136. The van der Waals surface area contributed by atoms with Crippen LogP contribution in [0.5, 0.6) is 5.88 Å². The first kappa shape index (κ1) is 17.6. The van der Waals surface area contributed by atoms with Crippen molar-refractivity contribution in [3.05, 3.63) is 83.0 Å². The number of para-hydroxylation sites is 1. The number of hydrogen-bond donors (Lipinski definition) is 2. The summed E-state index contributed by atoms with van der Waals surface area (Å²) in [5.74, 6) is 0.149. The van der Waals surface area contributed by atoms with Crippen LogP contribution in [0.25, 0.3) is 22.2 Å². The summed E-state index contributed by atoms with van der Waals surface area (Å²) in [5.41, 5.74) is 4.74. The second kappa shape index (κ2) is 7.43. The van der Waals surface area contributed by atoms with E-state index in [9.17, 15) is 5.11 Å². The van der Waals surface area contributed by atoms with Crippen LogP contribution in [0.15, 0.2) is 66.9 Å². The van der Waals surface area contributed by atoms with Crippen LogP contribution in [-0.2, 0) is 13.1 Å². The van der Waals surface area contributed by atoms with Crippen molar-refractivity contribution in [2.75, 3.05) is 7.05 Å². The van der Waals surface area contributed by atoms with Crippen LogP contribution in [0, 0.1) is 0 Å². The second-order valence-electron chi connectivity index (χ2n) is 6.74. The summed E-state index contributed by atoms with van der Waals surface area (Å²) in [7, 11) is 2.08. The van der Waals surface area contributed by atoms with Gasteiger partial charge in [-0.15, -0.1) is 0 Å². The SMILES string of the molecule is CN(Cc1ccc(Cl)cc1)Cc1ccc(-c2c(O)[nH]c3ccccc23)nc1. The maximum absolute atomic E-state index is 10.3. The molecule has 0 aliphatic carbocycles. The Morgan fingerprint density at radius 3 is 2.41 bits per heavy atom. The van der Waals surface area contributed by atoms with Crippen LogP contribution in [0.4, 0.5) is 0 Å². The quantitative estimate of drug-likeness (QED) is 0.501. The van der Waals surface area contributed by atoms with Gasteiger partial charge in [-0.2, -0.15) is 0 Å². The predicted octanol–water partition coefficient (Wildman–Crippen LogP) is 5.22. The fourth-order valence-electron chi connectivity index (χ4n) is 3.32. The van der Waals surface area contributed by atoms with E-state index >= 15 is 0 Å². The number of nitrogens with one attached hydrogen (secondary N) is 1. The number of pyridine rings is 1. The molecule has 27 heavy (non-hydrogen) atoms. The third-order valence-electron chi connectivity index (χ3n) is 4.59. The first-order valence-corrected chi connectivity index (χ1v) is 9.16. The zero-order valence-electron chi connectivity index (χ0n) is 15.0. The lowest BCUT2D eigenvalue weighted by Crippen LogP contribution is -2.17. The Kier molecular flexibility index (Phi) is 4.84. The molecule has 4 rings (SSSR count). The van der Waals surface area contributed by atoms with E-state index in [1.807, 2.05) is 60.8 Å². The van der Waals surface area contributed by atoms with E-state index in [1.165, 1.54) is 5.56 Å². The number of aromatic amines is 1. The van der Waals surface area contributed by atoms with Gasteiger partial charge in [-0.3, -0.25) is 9.88 Å². The van der Waals surface area contributed by atoms with Crippen molar-refractivity contribution in [1.82, 2.24) is 14.9 Å². The van der Waals surface area contributed by atoms with E-state index in [0.717, 1.165) is 45.8 Å². The molecule has 0 atom stereocenters. The maximum Gasteiger partial charge on any atom is 0.199 e. The summed E-state index contributed by atoms with van der Waals surface area (Å²) in [6.07, 6.45) is 1.87. The first-order valence-electron chi connectivity index (χ1n) is 8.78. The average Bonchev–Trinajstić information content (AvgIpc) is 3.00. The Hall–Kier alpha value is -2.82. The molecule has 0 saturated heterocycles. The molecular formula is C22H20ClN3O. The van der Waals surface area contributed by atoms with E-state index in [1.54, 1.807) is 0 Å². The minimum Gasteiger partial charge on any atom is -0.494 e. The summed E-state index contributed by atoms with van der Waals surface area (Å²) in [6.45, 7) is 1.62. The maximum atomic E-state index is 10.3. The van der Waals surface area contributed by atoms with Crippen molar-refractivity contribution >= 4 is 22.5 Å². The summed E-state index contributed by atoms with van der Waals surface area (Å²) in [4.78, 5) is 9.81. The molecule has 5 heteroatoms. The number of fused-ring (bicyclic) bond motifs is 1. The molecule has 2 heterocycles. The number of halogens is 1. The molecule has 0 fully saturated rings. The predicted molar refractivity (Wildman–Crippen MR) is 110 cm³/mol.